The molecule has 1 heterocycles. The van der Waals surface area contributed by atoms with E-state index in [1.165, 1.54) is 5.56 Å². The third kappa shape index (κ3) is 6.59. The molecule has 0 aliphatic carbocycles. The van der Waals surface area contributed by atoms with Gasteiger partial charge in [-0.05, 0) is 55.2 Å². The van der Waals surface area contributed by atoms with E-state index in [1.807, 2.05) is 54.3 Å². The van der Waals surface area contributed by atoms with Crippen molar-refractivity contribution < 1.29 is 9.53 Å². The van der Waals surface area contributed by atoms with E-state index in [1.54, 1.807) is 0 Å². The largest absolute Gasteiger partial charge is 0.494 e. The number of hydrogen-bond donors (Lipinski definition) is 1. The molecule has 0 unspecified atom stereocenters. The first kappa shape index (κ1) is 22.9. The number of nitrogens with one attached hydrogen (secondary N) is 1. The van der Waals surface area contributed by atoms with Crippen LogP contribution in [0.2, 0.25) is 0 Å². The number of piperidine rings is 1. The van der Waals surface area contributed by atoms with Crippen molar-refractivity contribution in [1.82, 2.24) is 9.80 Å². The van der Waals surface area contributed by atoms with E-state index < -0.39 is 0 Å². The van der Waals surface area contributed by atoms with Crippen molar-refractivity contribution in [2.75, 3.05) is 25.0 Å². The Labute approximate surface area is 197 Å². The zero-order valence-electron chi connectivity index (χ0n) is 19.3. The van der Waals surface area contributed by atoms with E-state index in [0.29, 0.717) is 13.2 Å². The number of ether oxygens (including phenoxy) is 1. The predicted molar refractivity (Wildman–Crippen MR) is 133 cm³/mol. The van der Waals surface area contributed by atoms with Crippen LogP contribution in [0.3, 0.4) is 0 Å². The van der Waals surface area contributed by atoms with Crippen LogP contribution >= 0.6 is 0 Å². The number of likely N-dealkylation sites (tertiary alicyclic amines) is 1. The van der Waals surface area contributed by atoms with Gasteiger partial charge in [0.15, 0.2) is 0 Å². The standard InChI is InChI=1S/C28H33N3O2/c1-2-33-27-15-13-24(14-16-27)22-31(28(32)29-25-11-7-4-8-12-25)26-17-19-30(20-18-26)21-23-9-5-3-6-10-23/h3-16,26H,2,17-22H2,1H3,(H,29,32). The molecule has 1 N–H and O–H groups in total. The van der Waals surface area contributed by atoms with Gasteiger partial charge in [-0.2, -0.15) is 0 Å². The summed E-state index contributed by atoms with van der Waals surface area (Å²) in [4.78, 5) is 17.8. The third-order valence-corrected chi connectivity index (χ3v) is 6.12. The molecule has 1 saturated heterocycles. The summed E-state index contributed by atoms with van der Waals surface area (Å²) >= 11 is 0. The lowest BCUT2D eigenvalue weighted by Gasteiger charge is -2.38. The highest BCUT2D eigenvalue weighted by Crippen LogP contribution is 2.23. The zero-order valence-corrected chi connectivity index (χ0v) is 19.3. The maximum atomic E-state index is 13.3. The average molecular weight is 444 g/mol. The van der Waals surface area contributed by atoms with E-state index in [-0.39, 0.29) is 12.1 Å². The fourth-order valence-corrected chi connectivity index (χ4v) is 4.37. The van der Waals surface area contributed by atoms with Gasteiger partial charge < -0.3 is 15.0 Å². The first-order chi connectivity index (χ1) is 16.2. The molecule has 3 aromatic rings. The highest BCUT2D eigenvalue weighted by molar-refractivity contribution is 5.89. The fourth-order valence-electron chi connectivity index (χ4n) is 4.37. The first-order valence-electron chi connectivity index (χ1n) is 11.8. The van der Waals surface area contributed by atoms with Gasteiger partial charge in [0.2, 0.25) is 0 Å². The Hall–Kier alpha value is -3.31. The van der Waals surface area contributed by atoms with Crippen LogP contribution in [-0.4, -0.2) is 41.6 Å². The van der Waals surface area contributed by atoms with Gasteiger partial charge in [-0.15, -0.1) is 0 Å². The molecule has 5 nitrogen and oxygen atoms in total. The minimum absolute atomic E-state index is 0.0448. The molecule has 0 saturated carbocycles. The summed E-state index contributed by atoms with van der Waals surface area (Å²) in [7, 11) is 0. The Morgan fingerprint density at radius 3 is 2.18 bits per heavy atom. The van der Waals surface area contributed by atoms with E-state index in [2.05, 4.69) is 52.7 Å². The number of rotatable bonds is 8. The molecule has 3 aromatic carbocycles. The van der Waals surface area contributed by atoms with Gasteiger partial charge in [0.1, 0.15) is 5.75 Å². The SMILES string of the molecule is CCOc1ccc(CN(C(=O)Nc2ccccc2)C2CCN(Cc3ccccc3)CC2)cc1. The second kappa shape index (κ2) is 11.5. The number of anilines is 1. The van der Waals surface area contributed by atoms with Crippen LogP contribution in [0.1, 0.15) is 30.9 Å². The van der Waals surface area contributed by atoms with E-state index in [4.69, 9.17) is 4.74 Å². The Morgan fingerprint density at radius 2 is 1.55 bits per heavy atom. The zero-order chi connectivity index (χ0) is 22.9. The average Bonchev–Trinajstić information content (AvgIpc) is 2.85. The molecule has 0 bridgehead atoms. The van der Waals surface area contributed by atoms with E-state index >= 15 is 0 Å². The molecule has 0 spiro atoms. The Morgan fingerprint density at radius 1 is 0.909 bits per heavy atom. The highest BCUT2D eigenvalue weighted by Gasteiger charge is 2.28. The number of carbonyl (C=O) groups is 1. The van der Waals surface area contributed by atoms with Crippen molar-refractivity contribution in [1.29, 1.82) is 0 Å². The van der Waals surface area contributed by atoms with Crippen molar-refractivity contribution in [3.05, 3.63) is 96.1 Å². The van der Waals surface area contributed by atoms with Crippen molar-refractivity contribution in [2.24, 2.45) is 0 Å². The van der Waals surface area contributed by atoms with Crippen molar-refractivity contribution in [2.45, 2.75) is 38.9 Å². The Balaban J connectivity index is 1.43. The molecule has 4 rings (SSSR count). The molecule has 2 amide bonds. The molecule has 5 heteroatoms. The fraction of sp³-hybridized carbons (Fsp3) is 0.321. The lowest BCUT2D eigenvalue weighted by Crippen LogP contribution is -2.48. The van der Waals surface area contributed by atoms with E-state index in [0.717, 1.165) is 49.5 Å². The quantitative estimate of drug-likeness (QED) is 0.480. The summed E-state index contributed by atoms with van der Waals surface area (Å²) in [5.41, 5.74) is 3.26. The first-order valence-corrected chi connectivity index (χ1v) is 11.8. The summed E-state index contributed by atoms with van der Waals surface area (Å²) in [6.45, 7) is 6.13. The summed E-state index contributed by atoms with van der Waals surface area (Å²) in [6.07, 6.45) is 1.93. The lowest BCUT2D eigenvalue weighted by molar-refractivity contribution is 0.120. The molecule has 0 atom stereocenters. The number of para-hydroxylation sites is 1. The predicted octanol–water partition coefficient (Wildman–Crippen LogP) is 5.78. The van der Waals surface area contributed by atoms with Crippen LogP contribution in [-0.2, 0) is 13.1 Å². The van der Waals surface area contributed by atoms with Gasteiger partial charge in [-0.1, -0.05) is 60.7 Å². The summed E-state index contributed by atoms with van der Waals surface area (Å²) < 4.78 is 5.57. The molecule has 1 aliphatic rings. The topological polar surface area (TPSA) is 44.8 Å². The van der Waals surface area contributed by atoms with Crippen molar-refractivity contribution >= 4 is 11.7 Å². The van der Waals surface area contributed by atoms with E-state index in [9.17, 15) is 4.79 Å². The van der Waals surface area contributed by atoms with Gasteiger partial charge in [0, 0.05) is 37.9 Å². The summed E-state index contributed by atoms with van der Waals surface area (Å²) in [5.74, 6) is 0.857. The molecule has 1 aliphatic heterocycles. The van der Waals surface area contributed by atoms with Crippen LogP contribution in [0.5, 0.6) is 5.75 Å². The summed E-state index contributed by atoms with van der Waals surface area (Å²) in [5, 5.41) is 3.09. The number of nitrogens with zero attached hydrogens (tertiary/aromatic N) is 2. The van der Waals surface area contributed by atoms with Crippen LogP contribution < -0.4 is 10.1 Å². The number of urea groups is 1. The molecule has 33 heavy (non-hydrogen) atoms. The molecular weight excluding hydrogens is 410 g/mol. The number of benzene rings is 3. The monoisotopic (exact) mass is 443 g/mol. The van der Waals surface area contributed by atoms with Crippen LogP contribution in [0.25, 0.3) is 0 Å². The van der Waals surface area contributed by atoms with Gasteiger partial charge >= 0.3 is 6.03 Å². The highest BCUT2D eigenvalue weighted by atomic mass is 16.5. The van der Waals surface area contributed by atoms with Gasteiger partial charge in [0.25, 0.3) is 0 Å². The number of amides is 2. The molecule has 0 radical (unpaired) electrons. The van der Waals surface area contributed by atoms with Crippen LogP contribution in [0, 0.1) is 0 Å². The van der Waals surface area contributed by atoms with Gasteiger partial charge in [-0.3, -0.25) is 4.90 Å². The molecular formula is C28H33N3O2. The van der Waals surface area contributed by atoms with Crippen LogP contribution in [0.15, 0.2) is 84.9 Å². The molecule has 172 valence electrons. The molecule has 0 aromatic heterocycles. The Kier molecular flexibility index (Phi) is 7.99. The van der Waals surface area contributed by atoms with Crippen LogP contribution in [0.4, 0.5) is 10.5 Å². The second-order valence-electron chi connectivity index (χ2n) is 8.49. The van der Waals surface area contributed by atoms with Crippen molar-refractivity contribution in [3.63, 3.8) is 0 Å². The van der Waals surface area contributed by atoms with Gasteiger partial charge in [-0.25, -0.2) is 4.79 Å². The minimum atomic E-state index is -0.0448. The Bertz CT molecular complexity index is 985. The normalized spacial score (nSPS) is 14.6. The van der Waals surface area contributed by atoms with Crippen molar-refractivity contribution in [3.8, 4) is 5.75 Å². The lowest BCUT2D eigenvalue weighted by atomic mass is 10.0. The summed E-state index contributed by atoms with van der Waals surface area (Å²) in [6, 6.07) is 28.5. The number of hydrogen-bond acceptors (Lipinski definition) is 3. The maximum absolute atomic E-state index is 13.3. The number of carbonyl (C=O) groups excluding carboxylic acids is 1. The maximum Gasteiger partial charge on any atom is 0.322 e. The third-order valence-electron chi connectivity index (χ3n) is 6.12. The second-order valence-corrected chi connectivity index (χ2v) is 8.49. The molecule has 1 fully saturated rings. The smallest absolute Gasteiger partial charge is 0.322 e. The minimum Gasteiger partial charge on any atom is -0.494 e. The van der Waals surface area contributed by atoms with Gasteiger partial charge in [0.05, 0.1) is 6.61 Å².